The van der Waals surface area contributed by atoms with Crippen LogP contribution in [0.5, 0.6) is 5.75 Å². The largest absolute Gasteiger partial charge is 0.514 e. The fourth-order valence-electron chi connectivity index (χ4n) is 2.49. The van der Waals surface area contributed by atoms with Gasteiger partial charge in [0.05, 0.1) is 9.26 Å². The van der Waals surface area contributed by atoms with Gasteiger partial charge in [0.15, 0.2) is 5.75 Å². The van der Waals surface area contributed by atoms with E-state index in [4.69, 9.17) is 9.47 Å². The maximum atomic E-state index is 12.1. The number of unbranched alkanes of at least 4 members (excludes halogenated alkanes) is 4. The second-order valence-electron chi connectivity index (χ2n) is 7.13. The van der Waals surface area contributed by atoms with E-state index in [1.165, 1.54) is 25.7 Å². The molecule has 0 aliphatic rings. The summed E-state index contributed by atoms with van der Waals surface area (Å²) in [6.07, 6.45) is 6.22. The zero-order valence-corrected chi connectivity index (χ0v) is 18.0. The van der Waals surface area contributed by atoms with E-state index in [0.29, 0.717) is 5.75 Å². The van der Waals surface area contributed by atoms with Crippen LogP contribution in [0.3, 0.4) is 0 Å². The van der Waals surface area contributed by atoms with Crippen molar-refractivity contribution in [2.24, 2.45) is 0 Å². The molecule has 0 saturated heterocycles. The van der Waals surface area contributed by atoms with Crippen LogP contribution >= 0.6 is 22.6 Å². The normalized spacial score (nSPS) is 11.5. The molecule has 1 heterocycles. The van der Waals surface area contributed by atoms with Gasteiger partial charge < -0.3 is 9.47 Å². The molecule has 136 valence electrons. The summed E-state index contributed by atoms with van der Waals surface area (Å²) in [6.45, 7) is 11.6. The second-order valence-corrected chi connectivity index (χ2v) is 8.21. The zero-order chi connectivity index (χ0) is 18.3. The van der Waals surface area contributed by atoms with Gasteiger partial charge in [-0.15, -0.1) is 0 Å². The molecule has 0 fully saturated rings. The van der Waals surface area contributed by atoms with Gasteiger partial charge in [0, 0.05) is 11.3 Å². The summed E-state index contributed by atoms with van der Waals surface area (Å²) >= 11 is 2.20. The Bertz CT molecular complexity index is 565. The van der Waals surface area contributed by atoms with Gasteiger partial charge >= 0.3 is 6.16 Å². The Hall–Kier alpha value is -0.850. The van der Waals surface area contributed by atoms with Gasteiger partial charge in [-0.3, -0.25) is 4.98 Å². The Morgan fingerprint density at radius 2 is 1.71 bits per heavy atom. The average molecular weight is 447 g/mol. The number of carbonyl (C=O) groups excluding carboxylic acids is 1. The summed E-state index contributed by atoms with van der Waals surface area (Å²) in [5, 5.41) is 0. The van der Waals surface area contributed by atoms with E-state index in [0.717, 1.165) is 33.4 Å². The minimum atomic E-state index is -0.655. The van der Waals surface area contributed by atoms with Crippen molar-refractivity contribution in [2.45, 2.75) is 85.7 Å². The van der Waals surface area contributed by atoms with E-state index in [1.54, 1.807) is 0 Å². The van der Waals surface area contributed by atoms with Crippen molar-refractivity contribution in [3.8, 4) is 5.75 Å². The number of carbonyl (C=O) groups is 1. The number of rotatable bonds is 7. The first-order chi connectivity index (χ1) is 11.2. The molecular formula is C19H30INO3. The third-order valence-electron chi connectivity index (χ3n) is 3.67. The molecule has 1 rings (SSSR count). The van der Waals surface area contributed by atoms with Gasteiger partial charge in [0.2, 0.25) is 0 Å². The van der Waals surface area contributed by atoms with E-state index in [-0.39, 0.29) is 0 Å². The molecule has 0 amide bonds. The van der Waals surface area contributed by atoms with Crippen molar-refractivity contribution < 1.29 is 14.3 Å². The zero-order valence-electron chi connectivity index (χ0n) is 15.8. The van der Waals surface area contributed by atoms with E-state index in [1.807, 2.05) is 34.6 Å². The molecule has 0 bridgehead atoms. The van der Waals surface area contributed by atoms with Crippen molar-refractivity contribution in [2.75, 3.05) is 0 Å². The van der Waals surface area contributed by atoms with Crippen molar-refractivity contribution in [3.63, 3.8) is 0 Å². The molecule has 4 nitrogen and oxygen atoms in total. The molecule has 1 aromatic rings. The molecule has 24 heavy (non-hydrogen) atoms. The number of pyridine rings is 1. The molecule has 0 atom stereocenters. The average Bonchev–Trinajstić information content (AvgIpc) is 2.45. The molecule has 0 aromatic carbocycles. The van der Waals surface area contributed by atoms with E-state index in [2.05, 4.69) is 34.5 Å². The molecular weight excluding hydrogens is 417 g/mol. The smallest absolute Gasteiger partial charge is 0.428 e. The van der Waals surface area contributed by atoms with Crippen molar-refractivity contribution >= 4 is 28.7 Å². The van der Waals surface area contributed by atoms with Gasteiger partial charge in [-0.1, -0.05) is 32.6 Å². The van der Waals surface area contributed by atoms with Crippen LogP contribution < -0.4 is 4.74 Å². The van der Waals surface area contributed by atoms with Crippen LogP contribution in [0.4, 0.5) is 4.79 Å². The highest BCUT2D eigenvalue weighted by atomic mass is 127. The summed E-state index contributed by atoms with van der Waals surface area (Å²) in [4.78, 5) is 16.7. The third-order valence-corrected chi connectivity index (χ3v) is 4.94. The Kier molecular flexibility index (Phi) is 8.46. The predicted octanol–water partition coefficient (Wildman–Crippen LogP) is 6.13. The maximum absolute atomic E-state index is 12.1. The van der Waals surface area contributed by atoms with Gasteiger partial charge in [-0.2, -0.15) is 0 Å². The fraction of sp³-hybridized carbons (Fsp3) is 0.684. The highest BCUT2D eigenvalue weighted by Gasteiger charge is 2.22. The summed E-state index contributed by atoms with van der Waals surface area (Å²) in [5.41, 5.74) is 2.26. The lowest BCUT2D eigenvalue weighted by atomic mass is 10.0. The number of ether oxygens (including phenoxy) is 2. The summed E-state index contributed by atoms with van der Waals surface area (Å²) in [5.74, 6) is 0.616. The highest BCUT2D eigenvalue weighted by Crippen LogP contribution is 2.32. The molecule has 0 N–H and O–H groups in total. The molecule has 0 radical (unpaired) electrons. The lowest BCUT2D eigenvalue weighted by Gasteiger charge is -2.21. The molecule has 0 spiro atoms. The van der Waals surface area contributed by atoms with Crippen LogP contribution in [-0.4, -0.2) is 16.7 Å². The number of halogens is 1. The lowest BCUT2D eigenvalue weighted by molar-refractivity contribution is 0.0202. The first kappa shape index (κ1) is 21.2. The lowest BCUT2D eigenvalue weighted by Crippen LogP contribution is -2.26. The Labute approximate surface area is 159 Å². The van der Waals surface area contributed by atoms with E-state index >= 15 is 0 Å². The number of hydrogen-bond donors (Lipinski definition) is 0. The number of hydrogen-bond acceptors (Lipinski definition) is 4. The fourth-order valence-corrected chi connectivity index (χ4v) is 3.05. The van der Waals surface area contributed by atoms with Crippen LogP contribution in [0, 0.1) is 17.4 Å². The van der Waals surface area contributed by atoms with Gasteiger partial charge in [0.25, 0.3) is 0 Å². The minimum absolute atomic E-state index is 0.569. The van der Waals surface area contributed by atoms with Crippen molar-refractivity contribution in [1.82, 2.24) is 4.98 Å². The van der Waals surface area contributed by atoms with Crippen LogP contribution in [0.1, 0.15) is 76.8 Å². The molecule has 0 aliphatic carbocycles. The van der Waals surface area contributed by atoms with E-state index < -0.39 is 11.8 Å². The maximum Gasteiger partial charge on any atom is 0.514 e. The van der Waals surface area contributed by atoms with Crippen molar-refractivity contribution in [3.05, 3.63) is 20.5 Å². The molecule has 0 saturated carbocycles. The summed E-state index contributed by atoms with van der Waals surface area (Å²) in [6, 6.07) is 0. The van der Waals surface area contributed by atoms with Crippen LogP contribution in [0.2, 0.25) is 0 Å². The monoisotopic (exact) mass is 447 g/mol. The second kappa shape index (κ2) is 9.59. The minimum Gasteiger partial charge on any atom is -0.428 e. The van der Waals surface area contributed by atoms with Crippen LogP contribution in [0.15, 0.2) is 0 Å². The Morgan fingerprint density at radius 1 is 1.08 bits per heavy atom. The SMILES string of the molecule is CCCCCCCc1c(C)nc(C)c(I)c1OC(=O)OC(C)(C)C. The molecule has 1 aromatic heterocycles. The molecule has 0 aliphatic heterocycles. The topological polar surface area (TPSA) is 48.4 Å². The van der Waals surface area contributed by atoms with Crippen LogP contribution in [-0.2, 0) is 11.2 Å². The van der Waals surface area contributed by atoms with Gasteiger partial charge in [0.1, 0.15) is 5.60 Å². The number of nitrogens with zero attached hydrogens (tertiary/aromatic N) is 1. The molecule has 5 heteroatoms. The first-order valence-electron chi connectivity index (χ1n) is 8.72. The number of aryl methyl sites for hydroxylation is 2. The third kappa shape index (κ3) is 6.95. The number of aromatic nitrogens is 1. The first-order valence-corrected chi connectivity index (χ1v) is 9.80. The standard InChI is InChI=1S/C19H30INO3/c1-7-8-9-10-11-12-15-13(2)21-14(3)16(20)17(15)23-18(22)24-19(4,5)6/h7-12H2,1-6H3. The predicted molar refractivity (Wildman–Crippen MR) is 106 cm³/mol. The Morgan fingerprint density at radius 3 is 2.29 bits per heavy atom. The van der Waals surface area contributed by atoms with E-state index in [9.17, 15) is 4.79 Å². The molecule has 0 unspecified atom stereocenters. The summed E-state index contributed by atoms with van der Waals surface area (Å²) < 4.78 is 11.8. The highest BCUT2D eigenvalue weighted by molar-refractivity contribution is 14.1. The van der Waals surface area contributed by atoms with Gasteiger partial charge in [-0.05, 0) is 70.1 Å². The Balaban J connectivity index is 2.93. The van der Waals surface area contributed by atoms with Crippen molar-refractivity contribution in [1.29, 1.82) is 0 Å². The summed E-state index contributed by atoms with van der Waals surface area (Å²) in [7, 11) is 0. The van der Waals surface area contributed by atoms with Gasteiger partial charge in [-0.25, -0.2) is 4.79 Å². The van der Waals surface area contributed by atoms with Crippen LogP contribution in [0.25, 0.3) is 0 Å². The quantitative estimate of drug-likeness (QED) is 0.287.